The van der Waals surface area contributed by atoms with Crippen LogP contribution < -0.4 is 10.6 Å². The first-order chi connectivity index (χ1) is 11.7. The second kappa shape index (κ2) is 7.70. The fraction of sp³-hybridized carbons (Fsp3) is 0.474. The second-order valence-electron chi connectivity index (χ2n) is 7.47. The van der Waals surface area contributed by atoms with Gasteiger partial charge in [-0.15, -0.1) is 0 Å². The molecular formula is C19H28N4O2. The minimum absolute atomic E-state index is 0.138. The summed E-state index contributed by atoms with van der Waals surface area (Å²) in [5, 5.41) is 20.5. The molecule has 0 spiro atoms. The number of hydrogen-bond acceptors (Lipinski definition) is 4. The van der Waals surface area contributed by atoms with E-state index >= 15 is 0 Å². The summed E-state index contributed by atoms with van der Waals surface area (Å²) in [6.07, 6.45) is 3.11. The number of nitrogens with one attached hydrogen (secondary N) is 2. The molecule has 0 aliphatic rings. The van der Waals surface area contributed by atoms with E-state index in [1.165, 1.54) is 0 Å². The van der Waals surface area contributed by atoms with E-state index in [-0.39, 0.29) is 11.8 Å². The molecule has 25 heavy (non-hydrogen) atoms. The Morgan fingerprint density at radius 3 is 2.64 bits per heavy atom. The SMILES string of the molecule is CC(C)C(O)C(C)(C)CNC(=O)c1cccc(Nc2cnn(C)c2)c1. The Balaban J connectivity index is 2.01. The van der Waals surface area contributed by atoms with Gasteiger partial charge in [0, 0.05) is 36.5 Å². The first-order valence-corrected chi connectivity index (χ1v) is 8.51. The summed E-state index contributed by atoms with van der Waals surface area (Å²) < 4.78 is 1.71. The van der Waals surface area contributed by atoms with Gasteiger partial charge in [-0.1, -0.05) is 33.8 Å². The topological polar surface area (TPSA) is 79.2 Å². The predicted octanol–water partition coefficient (Wildman–Crippen LogP) is 2.94. The zero-order valence-electron chi connectivity index (χ0n) is 15.6. The number of rotatable bonds is 7. The van der Waals surface area contributed by atoms with E-state index in [1.807, 2.05) is 53.1 Å². The average molecular weight is 344 g/mol. The molecule has 2 rings (SSSR count). The van der Waals surface area contributed by atoms with Crippen molar-refractivity contribution in [1.82, 2.24) is 15.1 Å². The van der Waals surface area contributed by atoms with Crippen molar-refractivity contribution >= 4 is 17.3 Å². The zero-order valence-corrected chi connectivity index (χ0v) is 15.6. The molecule has 1 heterocycles. The minimum atomic E-state index is -0.480. The zero-order chi connectivity index (χ0) is 18.6. The number of aliphatic hydroxyl groups is 1. The Hall–Kier alpha value is -2.34. The molecular weight excluding hydrogens is 316 g/mol. The molecule has 1 unspecified atom stereocenters. The highest BCUT2D eigenvalue weighted by Gasteiger charge is 2.30. The van der Waals surface area contributed by atoms with Gasteiger partial charge in [0.05, 0.1) is 18.0 Å². The van der Waals surface area contributed by atoms with Crippen LogP contribution in [-0.4, -0.2) is 33.4 Å². The van der Waals surface area contributed by atoms with Crippen molar-refractivity contribution in [1.29, 1.82) is 0 Å². The molecule has 0 saturated heterocycles. The van der Waals surface area contributed by atoms with Crippen LogP contribution in [0.4, 0.5) is 11.4 Å². The van der Waals surface area contributed by atoms with Gasteiger partial charge in [-0.25, -0.2) is 0 Å². The van der Waals surface area contributed by atoms with E-state index in [2.05, 4.69) is 15.7 Å². The van der Waals surface area contributed by atoms with E-state index in [4.69, 9.17) is 0 Å². The van der Waals surface area contributed by atoms with Gasteiger partial charge in [0.15, 0.2) is 0 Å². The maximum Gasteiger partial charge on any atom is 0.251 e. The third-order valence-corrected chi connectivity index (χ3v) is 4.26. The number of anilines is 2. The van der Waals surface area contributed by atoms with Crippen molar-refractivity contribution in [3.05, 3.63) is 42.2 Å². The molecule has 1 atom stereocenters. The van der Waals surface area contributed by atoms with Crippen LogP contribution in [0.1, 0.15) is 38.1 Å². The van der Waals surface area contributed by atoms with E-state index < -0.39 is 11.5 Å². The summed E-state index contributed by atoms with van der Waals surface area (Å²) in [7, 11) is 1.85. The Bertz CT molecular complexity index is 722. The lowest BCUT2D eigenvalue weighted by molar-refractivity contribution is 0.0138. The number of hydrogen-bond donors (Lipinski definition) is 3. The molecule has 0 aliphatic heterocycles. The lowest BCUT2D eigenvalue weighted by Crippen LogP contribution is -2.43. The van der Waals surface area contributed by atoms with Crippen molar-refractivity contribution in [3.8, 4) is 0 Å². The molecule has 0 bridgehead atoms. The monoisotopic (exact) mass is 344 g/mol. The van der Waals surface area contributed by atoms with Gasteiger partial charge >= 0.3 is 0 Å². The van der Waals surface area contributed by atoms with Crippen LogP contribution in [0.3, 0.4) is 0 Å². The van der Waals surface area contributed by atoms with Gasteiger partial charge in [0.1, 0.15) is 0 Å². The van der Waals surface area contributed by atoms with Gasteiger partial charge in [-0.05, 0) is 24.1 Å². The molecule has 0 aliphatic carbocycles. The highest BCUT2D eigenvalue weighted by atomic mass is 16.3. The van der Waals surface area contributed by atoms with Crippen LogP contribution >= 0.6 is 0 Å². The lowest BCUT2D eigenvalue weighted by atomic mass is 9.80. The molecule has 6 nitrogen and oxygen atoms in total. The van der Waals surface area contributed by atoms with E-state index in [1.54, 1.807) is 23.0 Å². The van der Waals surface area contributed by atoms with Crippen LogP contribution in [0, 0.1) is 11.3 Å². The fourth-order valence-electron chi connectivity index (χ4n) is 2.81. The number of aliphatic hydroxyl groups excluding tert-OH is 1. The smallest absolute Gasteiger partial charge is 0.251 e. The first kappa shape index (κ1) is 19.0. The minimum Gasteiger partial charge on any atom is -0.392 e. The summed E-state index contributed by atoms with van der Waals surface area (Å²) >= 11 is 0. The quantitative estimate of drug-likeness (QED) is 0.721. The van der Waals surface area contributed by atoms with Crippen LogP contribution in [0.25, 0.3) is 0 Å². The Morgan fingerprint density at radius 2 is 2.04 bits per heavy atom. The molecule has 136 valence electrons. The van der Waals surface area contributed by atoms with Crippen LogP contribution in [0.2, 0.25) is 0 Å². The first-order valence-electron chi connectivity index (χ1n) is 8.51. The average Bonchev–Trinajstić information content (AvgIpc) is 2.97. The van der Waals surface area contributed by atoms with E-state index in [0.717, 1.165) is 11.4 Å². The summed E-state index contributed by atoms with van der Waals surface area (Å²) in [6, 6.07) is 7.31. The Labute approximate surface area is 149 Å². The number of carbonyl (C=O) groups is 1. The van der Waals surface area contributed by atoms with Crippen molar-refractivity contribution in [2.75, 3.05) is 11.9 Å². The predicted molar refractivity (Wildman–Crippen MR) is 99.9 cm³/mol. The standard InChI is InChI=1S/C19H28N4O2/c1-13(2)17(24)19(3,4)12-20-18(25)14-7-6-8-15(9-14)22-16-10-21-23(5)11-16/h6-11,13,17,22,24H,12H2,1-5H3,(H,20,25). The highest BCUT2D eigenvalue weighted by molar-refractivity contribution is 5.95. The fourth-order valence-corrected chi connectivity index (χ4v) is 2.81. The Morgan fingerprint density at radius 1 is 1.32 bits per heavy atom. The second-order valence-corrected chi connectivity index (χ2v) is 7.47. The molecule has 1 aromatic heterocycles. The van der Waals surface area contributed by atoms with Crippen molar-refractivity contribution in [3.63, 3.8) is 0 Å². The number of aromatic nitrogens is 2. The van der Waals surface area contributed by atoms with E-state index in [9.17, 15) is 9.90 Å². The summed E-state index contributed by atoms with van der Waals surface area (Å²) in [5.74, 6) is -0.0159. The third-order valence-electron chi connectivity index (χ3n) is 4.26. The van der Waals surface area contributed by atoms with Crippen molar-refractivity contribution < 1.29 is 9.90 Å². The van der Waals surface area contributed by atoms with Gasteiger partial charge in [0.2, 0.25) is 0 Å². The molecule has 2 aromatic rings. The highest BCUT2D eigenvalue weighted by Crippen LogP contribution is 2.25. The Kier molecular flexibility index (Phi) is 5.85. The third kappa shape index (κ3) is 5.06. The largest absolute Gasteiger partial charge is 0.392 e. The maximum absolute atomic E-state index is 12.5. The molecule has 1 aromatic carbocycles. The van der Waals surface area contributed by atoms with E-state index in [0.29, 0.717) is 12.1 Å². The summed E-state index contributed by atoms with van der Waals surface area (Å²) in [6.45, 7) is 8.27. The van der Waals surface area contributed by atoms with Crippen LogP contribution in [0.15, 0.2) is 36.7 Å². The van der Waals surface area contributed by atoms with Gasteiger partial charge in [0.25, 0.3) is 5.91 Å². The van der Waals surface area contributed by atoms with Gasteiger partial charge in [-0.3, -0.25) is 9.48 Å². The maximum atomic E-state index is 12.5. The van der Waals surface area contributed by atoms with Crippen molar-refractivity contribution in [2.45, 2.75) is 33.8 Å². The van der Waals surface area contributed by atoms with Gasteiger partial charge < -0.3 is 15.7 Å². The van der Waals surface area contributed by atoms with Crippen LogP contribution in [0.5, 0.6) is 0 Å². The molecule has 0 saturated carbocycles. The number of amides is 1. The molecule has 0 radical (unpaired) electrons. The van der Waals surface area contributed by atoms with Gasteiger partial charge in [-0.2, -0.15) is 5.10 Å². The van der Waals surface area contributed by atoms with Crippen LogP contribution in [-0.2, 0) is 7.05 Å². The lowest BCUT2D eigenvalue weighted by Gasteiger charge is -2.33. The summed E-state index contributed by atoms with van der Waals surface area (Å²) in [5.41, 5.74) is 1.86. The normalized spacial score (nSPS) is 12.9. The molecule has 0 fully saturated rings. The number of carbonyl (C=O) groups excluding carboxylic acids is 1. The number of aryl methyl sites for hydroxylation is 1. The number of benzene rings is 1. The molecule has 1 amide bonds. The number of nitrogens with zero attached hydrogens (tertiary/aromatic N) is 2. The molecule has 3 N–H and O–H groups in total. The molecule has 6 heteroatoms. The summed E-state index contributed by atoms with van der Waals surface area (Å²) in [4.78, 5) is 12.5. The van der Waals surface area contributed by atoms with Crippen molar-refractivity contribution in [2.24, 2.45) is 18.4 Å².